The van der Waals surface area contributed by atoms with Crippen LogP contribution in [0.3, 0.4) is 0 Å². The first-order chi connectivity index (χ1) is 14.5. The van der Waals surface area contributed by atoms with Crippen LogP contribution in [0.4, 0.5) is 5.69 Å². The standard InChI is InChI=1S/C24H20Cl2N2OS/c1-16-11-20(21(13-27)18-7-9-19(25)10-8-18)22(26)12-23(16)28-24(29)15-30-14-17-5-3-2-4-6-17/h2-12,21H,14-15H2,1H3,(H,28,29)/t21-/m0/s1. The first-order valence-corrected chi connectivity index (χ1v) is 11.3. The minimum Gasteiger partial charge on any atom is -0.325 e. The van der Waals surface area contributed by atoms with Gasteiger partial charge in [-0.1, -0.05) is 71.7 Å². The minimum atomic E-state index is -0.514. The Balaban J connectivity index is 1.68. The number of carbonyl (C=O) groups is 1. The summed E-state index contributed by atoms with van der Waals surface area (Å²) >= 11 is 14.0. The summed E-state index contributed by atoms with van der Waals surface area (Å²) < 4.78 is 0. The Morgan fingerprint density at radius 1 is 1.10 bits per heavy atom. The van der Waals surface area contributed by atoms with E-state index in [0.717, 1.165) is 16.9 Å². The molecule has 3 aromatic rings. The van der Waals surface area contributed by atoms with Crippen LogP contribution < -0.4 is 5.32 Å². The number of benzene rings is 3. The first-order valence-electron chi connectivity index (χ1n) is 9.34. The lowest BCUT2D eigenvalue weighted by atomic mass is 9.91. The number of rotatable bonds is 7. The van der Waals surface area contributed by atoms with Gasteiger partial charge in [-0.3, -0.25) is 4.79 Å². The van der Waals surface area contributed by atoms with Gasteiger partial charge in [0.15, 0.2) is 0 Å². The van der Waals surface area contributed by atoms with Crippen molar-refractivity contribution in [3.8, 4) is 6.07 Å². The van der Waals surface area contributed by atoms with Crippen LogP contribution >= 0.6 is 35.0 Å². The van der Waals surface area contributed by atoms with E-state index in [4.69, 9.17) is 23.2 Å². The number of hydrogen-bond donors (Lipinski definition) is 1. The lowest BCUT2D eigenvalue weighted by molar-refractivity contribution is -0.113. The van der Waals surface area contributed by atoms with E-state index >= 15 is 0 Å². The van der Waals surface area contributed by atoms with Gasteiger partial charge in [-0.05, 0) is 47.4 Å². The third kappa shape index (κ3) is 5.79. The Labute approximate surface area is 191 Å². The largest absolute Gasteiger partial charge is 0.325 e. The van der Waals surface area contributed by atoms with Crippen LogP contribution in [0, 0.1) is 18.3 Å². The van der Waals surface area contributed by atoms with Gasteiger partial charge in [-0.2, -0.15) is 5.26 Å². The summed E-state index contributed by atoms with van der Waals surface area (Å²) in [6, 6.07) is 23.1. The monoisotopic (exact) mass is 454 g/mol. The molecule has 3 rings (SSSR count). The van der Waals surface area contributed by atoms with Crippen LogP contribution in [0.5, 0.6) is 0 Å². The number of aryl methyl sites for hydroxylation is 1. The molecule has 0 unspecified atom stereocenters. The molecule has 0 saturated heterocycles. The molecule has 0 bridgehead atoms. The molecule has 30 heavy (non-hydrogen) atoms. The van der Waals surface area contributed by atoms with Crippen molar-refractivity contribution in [1.82, 2.24) is 0 Å². The highest BCUT2D eigenvalue weighted by atomic mass is 35.5. The first kappa shape index (κ1) is 22.2. The van der Waals surface area contributed by atoms with Gasteiger partial charge in [0, 0.05) is 21.5 Å². The average molecular weight is 455 g/mol. The van der Waals surface area contributed by atoms with Crippen molar-refractivity contribution >= 4 is 46.6 Å². The molecule has 1 amide bonds. The maximum atomic E-state index is 12.4. The van der Waals surface area contributed by atoms with Gasteiger partial charge >= 0.3 is 0 Å². The topological polar surface area (TPSA) is 52.9 Å². The lowest BCUT2D eigenvalue weighted by Crippen LogP contribution is -2.15. The molecule has 6 heteroatoms. The highest BCUT2D eigenvalue weighted by Gasteiger charge is 2.19. The molecule has 0 aliphatic rings. The van der Waals surface area contributed by atoms with E-state index in [0.29, 0.717) is 27.0 Å². The van der Waals surface area contributed by atoms with E-state index in [2.05, 4.69) is 11.4 Å². The molecule has 3 aromatic carbocycles. The molecule has 0 fully saturated rings. The van der Waals surface area contributed by atoms with Gasteiger partial charge < -0.3 is 5.32 Å². The molecule has 0 saturated carbocycles. The molecular weight excluding hydrogens is 435 g/mol. The van der Waals surface area contributed by atoms with E-state index < -0.39 is 5.92 Å². The quantitative estimate of drug-likeness (QED) is 0.425. The number of halogens is 2. The molecule has 3 nitrogen and oxygen atoms in total. The van der Waals surface area contributed by atoms with Crippen LogP contribution in [0.25, 0.3) is 0 Å². The average Bonchev–Trinajstić information content (AvgIpc) is 2.74. The molecule has 1 atom stereocenters. The van der Waals surface area contributed by atoms with Crippen LogP contribution in [-0.4, -0.2) is 11.7 Å². The normalized spacial score (nSPS) is 11.5. The van der Waals surface area contributed by atoms with Crippen molar-refractivity contribution in [2.24, 2.45) is 0 Å². The van der Waals surface area contributed by atoms with E-state index in [9.17, 15) is 10.1 Å². The molecule has 1 N–H and O–H groups in total. The molecule has 0 aliphatic heterocycles. The van der Waals surface area contributed by atoms with E-state index in [1.807, 2.05) is 55.5 Å². The summed E-state index contributed by atoms with van der Waals surface area (Å²) in [6.45, 7) is 1.89. The fraction of sp³-hybridized carbons (Fsp3) is 0.167. The van der Waals surface area contributed by atoms with E-state index in [-0.39, 0.29) is 5.91 Å². The van der Waals surface area contributed by atoms with Gasteiger partial charge in [0.25, 0.3) is 0 Å². The summed E-state index contributed by atoms with van der Waals surface area (Å²) in [5, 5.41) is 13.7. The van der Waals surface area contributed by atoms with Crippen molar-refractivity contribution < 1.29 is 4.79 Å². The van der Waals surface area contributed by atoms with Crippen LogP contribution in [0.2, 0.25) is 10.0 Å². The summed E-state index contributed by atoms with van der Waals surface area (Å²) in [6.07, 6.45) is 0. The number of anilines is 1. The Kier molecular flexibility index (Phi) is 7.81. The molecule has 152 valence electrons. The van der Waals surface area contributed by atoms with E-state index in [1.165, 1.54) is 5.56 Å². The highest BCUT2D eigenvalue weighted by Crippen LogP contribution is 2.34. The maximum Gasteiger partial charge on any atom is 0.234 e. The number of amides is 1. The molecule has 0 spiro atoms. The zero-order valence-corrected chi connectivity index (χ0v) is 18.7. The Morgan fingerprint density at radius 3 is 2.47 bits per heavy atom. The third-order valence-electron chi connectivity index (χ3n) is 4.61. The predicted molar refractivity (Wildman–Crippen MR) is 126 cm³/mol. The number of hydrogen-bond acceptors (Lipinski definition) is 3. The number of nitrogens with zero attached hydrogens (tertiary/aromatic N) is 1. The third-order valence-corrected chi connectivity index (χ3v) is 6.19. The lowest BCUT2D eigenvalue weighted by Gasteiger charge is -2.16. The van der Waals surface area contributed by atoms with Crippen LogP contribution in [0.15, 0.2) is 66.7 Å². The van der Waals surface area contributed by atoms with Crippen LogP contribution in [0.1, 0.15) is 28.2 Å². The number of carbonyl (C=O) groups excluding carboxylic acids is 1. The number of thioether (sulfide) groups is 1. The Hall–Kier alpha value is -2.45. The van der Waals surface area contributed by atoms with Gasteiger partial charge in [-0.15, -0.1) is 11.8 Å². The Morgan fingerprint density at radius 2 is 1.80 bits per heavy atom. The van der Waals surface area contributed by atoms with Crippen molar-refractivity contribution in [3.05, 3.63) is 99.0 Å². The Bertz CT molecular complexity index is 1060. The van der Waals surface area contributed by atoms with Crippen molar-refractivity contribution in [3.63, 3.8) is 0 Å². The van der Waals surface area contributed by atoms with Crippen LogP contribution in [-0.2, 0) is 10.5 Å². The SMILES string of the molecule is Cc1cc([C@@H](C#N)c2ccc(Cl)cc2)c(Cl)cc1NC(=O)CSCc1ccccc1. The number of nitriles is 1. The second-order valence-corrected chi connectivity index (χ2v) is 8.66. The zero-order chi connectivity index (χ0) is 21.5. The summed E-state index contributed by atoms with van der Waals surface area (Å²) in [5.74, 6) is 0.522. The fourth-order valence-electron chi connectivity index (χ4n) is 3.06. The van der Waals surface area contributed by atoms with Gasteiger partial charge in [-0.25, -0.2) is 0 Å². The van der Waals surface area contributed by atoms with Gasteiger partial charge in [0.1, 0.15) is 0 Å². The highest BCUT2D eigenvalue weighted by molar-refractivity contribution is 7.99. The summed E-state index contributed by atoms with van der Waals surface area (Å²) in [5.41, 5.74) is 4.21. The molecule has 0 heterocycles. The maximum absolute atomic E-state index is 12.4. The summed E-state index contributed by atoms with van der Waals surface area (Å²) in [4.78, 5) is 12.4. The van der Waals surface area contributed by atoms with Gasteiger partial charge in [0.2, 0.25) is 5.91 Å². The van der Waals surface area contributed by atoms with Crippen molar-refractivity contribution in [2.75, 3.05) is 11.1 Å². The summed E-state index contributed by atoms with van der Waals surface area (Å²) in [7, 11) is 0. The second-order valence-electron chi connectivity index (χ2n) is 6.83. The number of nitrogens with one attached hydrogen (secondary N) is 1. The molecule has 0 aromatic heterocycles. The van der Waals surface area contributed by atoms with Crippen molar-refractivity contribution in [1.29, 1.82) is 5.26 Å². The fourth-order valence-corrected chi connectivity index (χ4v) is 4.25. The van der Waals surface area contributed by atoms with E-state index in [1.54, 1.807) is 30.0 Å². The zero-order valence-electron chi connectivity index (χ0n) is 16.4. The minimum absolute atomic E-state index is 0.0858. The molecule has 0 aliphatic carbocycles. The molecule has 0 radical (unpaired) electrons. The van der Waals surface area contributed by atoms with Crippen molar-refractivity contribution in [2.45, 2.75) is 18.6 Å². The molecular formula is C24H20Cl2N2OS. The van der Waals surface area contributed by atoms with Gasteiger partial charge in [0.05, 0.1) is 17.7 Å². The second kappa shape index (κ2) is 10.5. The smallest absolute Gasteiger partial charge is 0.234 e. The predicted octanol–water partition coefficient (Wildman–Crippen LogP) is 6.83.